The summed E-state index contributed by atoms with van der Waals surface area (Å²) in [6.45, 7) is 3.57. The molecule has 84 valence electrons. The predicted molar refractivity (Wildman–Crippen MR) is 60.7 cm³/mol. The molecule has 0 aliphatic carbocycles. The Bertz CT molecular complexity index is 435. The number of hydrogen-bond donors (Lipinski definition) is 1. The highest BCUT2D eigenvalue weighted by Crippen LogP contribution is 2.14. The van der Waals surface area contributed by atoms with Crippen LogP contribution < -0.4 is 5.73 Å². The predicted octanol–water partition coefficient (Wildman–Crippen LogP) is 2.04. The number of nitrogens with two attached hydrogens (primary N) is 1. The maximum Gasteiger partial charge on any atom is 0.339 e. The van der Waals surface area contributed by atoms with Crippen LogP contribution in [-0.2, 0) is 4.74 Å². The Morgan fingerprint density at radius 2 is 2.31 bits per heavy atom. The molecule has 1 rings (SSSR count). The molecule has 0 saturated heterocycles. The third kappa shape index (κ3) is 2.74. The second-order valence-corrected chi connectivity index (χ2v) is 3.51. The van der Waals surface area contributed by atoms with Gasteiger partial charge in [0.1, 0.15) is 6.07 Å². The molecule has 0 aliphatic heterocycles. The molecular formula is C12H14N2O2. The molecule has 1 unspecified atom stereocenters. The number of esters is 1. The van der Waals surface area contributed by atoms with E-state index in [1.165, 1.54) is 0 Å². The molecule has 2 N–H and O–H groups in total. The van der Waals surface area contributed by atoms with Gasteiger partial charge < -0.3 is 10.5 Å². The number of aryl methyl sites for hydroxylation is 1. The number of anilines is 1. The van der Waals surface area contributed by atoms with Crippen molar-refractivity contribution in [2.75, 3.05) is 5.73 Å². The van der Waals surface area contributed by atoms with E-state index in [1.807, 2.05) is 6.07 Å². The number of nitrogens with zero attached hydrogens (tertiary/aromatic N) is 1. The van der Waals surface area contributed by atoms with E-state index in [0.717, 1.165) is 5.56 Å². The average Bonchev–Trinajstić information content (AvgIpc) is 2.25. The van der Waals surface area contributed by atoms with Crippen LogP contribution in [0.25, 0.3) is 0 Å². The zero-order chi connectivity index (χ0) is 12.1. The Hall–Kier alpha value is -2.02. The molecule has 0 radical (unpaired) electrons. The number of nitriles is 1. The topological polar surface area (TPSA) is 76.1 Å². The second-order valence-electron chi connectivity index (χ2n) is 3.51. The summed E-state index contributed by atoms with van der Waals surface area (Å²) in [6, 6.07) is 6.86. The Balaban J connectivity index is 2.85. The van der Waals surface area contributed by atoms with Crippen molar-refractivity contribution in [3.63, 3.8) is 0 Å². The van der Waals surface area contributed by atoms with Gasteiger partial charge in [-0.3, -0.25) is 0 Å². The second kappa shape index (κ2) is 5.17. The fourth-order valence-electron chi connectivity index (χ4n) is 1.31. The van der Waals surface area contributed by atoms with E-state index >= 15 is 0 Å². The number of benzene rings is 1. The molecule has 0 amide bonds. The molecule has 0 aliphatic rings. The average molecular weight is 218 g/mol. The summed E-state index contributed by atoms with van der Waals surface area (Å²) in [5.41, 5.74) is 7.37. The molecule has 1 atom stereocenters. The van der Waals surface area contributed by atoms with E-state index < -0.39 is 12.1 Å². The highest BCUT2D eigenvalue weighted by Gasteiger charge is 2.15. The van der Waals surface area contributed by atoms with E-state index in [0.29, 0.717) is 17.7 Å². The Labute approximate surface area is 94.6 Å². The molecule has 0 heterocycles. The van der Waals surface area contributed by atoms with Gasteiger partial charge in [-0.15, -0.1) is 0 Å². The standard InChI is InChI=1S/C12H14N2O2/c1-3-10(7-13)16-12(15)11-5-4-9(14)6-8(11)2/h4-6,10H,3,14H2,1-2H3. The van der Waals surface area contributed by atoms with Crippen LogP contribution in [0.5, 0.6) is 0 Å². The zero-order valence-corrected chi connectivity index (χ0v) is 9.36. The van der Waals surface area contributed by atoms with Crippen LogP contribution in [0.4, 0.5) is 5.69 Å². The van der Waals surface area contributed by atoms with Gasteiger partial charge in [-0.05, 0) is 37.1 Å². The first-order chi connectivity index (χ1) is 7.58. The van der Waals surface area contributed by atoms with E-state index in [4.69, 9.17) is 15.7 Å². The third-order valence-corrected chi connectivity index (χ3v) is 2.23. The molecule has 1 aromatic carbocycles. The van der Waals surface area contributed by atoms with Gasteiger partial charge in [0.15, 0.2) is 6.10 Å². The molecule has 0 spiro atoms. The van der Waals surface area contributed by atoms with E-state index in [2.05, 4.69) is 0 Å². The zero-order valence-electron chi connectivity index (χ0n) is 9.36. The lowest BCUT2D eigenvalue weighted by atomic mass is 10.1. The monoisotopic (exact) mass is 218 g/mol. The minimum atomic E-state index is -0.690. The largest absolute Gasteiger partial charge is 0.443 e. The van der Waals surface area contributed by atoms with Gasteiger partial charge in [-0.1, -0.05) is 6.92 Å². The van der Waals surface area contributed by atoms with Crippen molar-refractivity contribution in [3.8, 4) is 6.07 Å². The minimum Gasteiger partial charge on any atom is -0.443 e. The number of nitrogen functional groups attached to an aromatic ring is 1. The van der Waals surface area contributed by atoms with Crippen molar-refractivity contribution in [1.82, 2.24) is 0 Å². The smallest absolute Gasteiger partial charge is 0.339 e. The highest BCUT2D eigenvalue weighted by molar-refractivity contribution is 5.91. The summed E-state index contributed by atoms with van der Waals surface area (Å²) < 4.78 is 5.01. The Morgan fingerprint density at radius 3 is 2.81 bits per heavy atom. The van der Waals surface area contributed by atoms with Gasteiger partial charge >= 0.3 is 5.97 Å². The lowest BCUT2D eigenvalue weighted by Gasteiger charge is -2.10. The summed E-state index contributed by atoms with van der Waals surface area (Å²) in [7, 11) is 0. The maximum atomic E-state index is 11.7. The fourth-order valence-corrected chi connectivity index (χ4v) is 1.31. The van der Waals surface area contributed by atoms with Gasteiger partial charge in [0, 0.05) is 5.69 Å². The quantitative estimate of drug-likeness (QED) is 0.622. The molecule has 16 heavy (non-hydrogen) atoms. The molecule has 4 nitrogen and oxygen atoms in total. The normalized spacial score (nSPS) is 11.6. The Kier molecular flexibility index (Phi) is 3.90. The molecule has 4 heteroatoms. The number of ether oxygens (including phenoxy) is 1. The van der Waals surface area contributed by atoms with E-state index in [-0.39, 0.29) is 0 Å². The van der Waals surface area contributed by atoms with Crippen molar-refractivity contribution < 1.29 is 9.53 Å². The summed E-state index contributed by atoms with van der Waals surface area (Å²) >= 11 is 0. The summed E-state index contributed by atoms with van der Waals surface area (Å²) in [5.74, 6) is -0.481. The summed E-state index contributed by atoms with van der Waals surface area (Å²) in [4.78, 5) is 11.7. The van der Waals surface area contributed by atoms with Crippen LogP contribution in [0, 0.1) is 18.3 Å². The van der Waals surface area contributed by atoms with Crippen molar-refractivity contribution in [2.24, 2.45) is 0 Å². The third-order valence-electron chi connectivity index (χ3n) is 2.23. The summed E-state index contributed by atoms with van der Waals surface area (Å²) in [6.07, 6.45) is -0.208. The Morgan fingerprint density at radius 1 is 1.62 bits per heavy atom. The van der Waals surface area contributed by atoms with Crippen molar-refractivity contribution >= 4 is 11.7 Å². The number of hydrogen-bond acceptors (Lipinski definition) is 4. The first kappa shape index (κ1) is 12.1. The van der Waals surface area contributed by atoms with Crippen LogP contribution in [0.15, 0.2) is 18.2 Å². The molecule has 0 saturated carbocycles. The fraction of sp³-hybridized carbons (Fsp3) is 0.333. The van der Waals surface area contributed by atoms with E-state index in [1.54, 1.807) is 32.0 Å². The highest BCUT2D eigenvalue weighted by atomic mass is 16.5. The van der Waals surface area contributed by atoms with Crippen molar-refractivity contribution in [3.05, 3.63) is 29.3 Å². The molecule has 0 bridgehead atoms. The van der Waals surface area contributed by atoms with Gasteiger partial charge in [-0.25, -0.2) is 4.79 Å². The number of rotatable bonds is 3. The van der Waals surface area contributed by atoms with Gasteiger partial charge in [0.2, 0.25) is 0 Å². The van der Waals surface area contributed by atoms with Crippen LogP contribution in [0.1, 0.15) is 29.3 Å². The van der Waals surface area contributed by atoms with Gasteiger partial charge in [0.25, 0.3) is 0 Å². The van der Waals surface area contributed by atoms with Crippen LogP contribution in [0.2, 0.25) is 0 Å². The lowest BCUT2D eigenvalue weighted by molar-refractivity contribution is 0.0400. The van der Waals surface area contributed by atoms with Crippen LogP contribution in [0.3, 0.4) is 0 Å². The van der Waals surface area contributed by atoms with Crippen molar-refractivity contribution in [1.29, 1.82) is 5.26 Å². The molecule has 1 aromatic rings. The molecular weight excluding hydrogens is 204 g/mol. The van der Waals surface area contributed by atoms with Crippen molar-refractivity contribution in [2.45, 2.75) is 26.4 Å². The SMILES string of the molecule is CCC(C#N)OC(=O)c1ccc(N)cc1C. The van der Waals surface area contributed by atoms with E-state index in [9.17, 15) is 4.79 Å². The van der Waals surface area contributed by atoms with Crippen LogP contribution >= 0.6 is 0 Å². The number of carbonyl (C=O) groups is 1. The summed E-state index contributed by atoms with van der Waals surface area (Å²) in [5, 5.41) is 8.69. The maximum absolute atomic E-state index is 11.7. The van der Waals surface area contributed by atoms with Gasteiger partial charge in [-0.2, -0.15) is 5.26 Å². The molecule has 0 aromatic heterocycles. The first-order valence-electron chi connectivity index (χ1n) is 5.05. The number of carbonyl (C=O) groups excluding carboxylic acids is 1. The molecule has 0 fully saturated rings. The van der Waals surface area contributed by atoms with Gasteiger partial charge in [0.05, 0.1) is 5.56 Å². The minimum absolute atomic E-state index is 0.447. The first-order valence-corrected chi connectivity index (χ1v) is 5.05. The lowest BCUT2D eigenvalue weighted by Crippen LogP contribution is -2.16. The van der Waals surface area contributed by atoms with Crippen LogP contribution in [-0.4, -0.2) is 12.1 Å².